The summed E-state index contributed by atoms with van der Waals surface area (Å²) in [6.07, 6.45) is 0. The summed E-state index contributed by atoms with van der Waals surface area (Å²) in [6, 6.07) is 11.5. The van der Waals surface area contributed by atoms with Crippen molar-refractivity contribution < 1.29 is 31.4 Å². The quantitative estimate of drug-likeness (QED) is 0.173. The van der Waals surface area contributed by atoms with Gasteiger partial charge in [0.25, 0.3) is 7.12 Å². The molecule has 45 heavy (non-hydrogen) atoms. The maximum atomic E-state index is 12.2. The van der Waals surface area contributed by atoms with E-state index in [2.05, 4.69) is 115 Å². The Morgan fingerprint density at radius 2 is 0.889 bits per heavy atom. The Hall–Kier alpha value is -3.17. The van der Waals surface area contributed by atoms with E-state index in [4.69, 9.17) is 20.4 Å². The van der Waals surface area contributed by atoms with E-state index in [-0.39, 0.29) is 29.7 Å². The Kier molecular flexibility index (Phi) is 13.4. The number of carboxylic acid groups (broad SMARTS) is 1. The van der Waals surface area contributed by atoms with E-state index in [1.54, 1.807) is 0 Å². The van der Waals surface area contributed by atoms with E-state index < -0.39 is 11.8 Å². The van der Waals surface area contributed by atoms with E-state index in [0.29, 0.717) is 35.5 Å². The first kappa shape index (κ1) is 38.0. The number of hydrogen-bond acceptors (Lipinski definition) is 4. The monoisotopic (exact) mass is 660 g/mol. The molecule has 0 aliphatic rings. The Balaban J connectivity index is 0.000000546. The van der Waals surface area contributed by atoms with Crippen LogP contribution in [0.15, 0.2) is 42.5 Å². The number of aromatic carboxylic acids is 1. The molecule has 0 spiro atoms. The van der Waals surface area contributed by atoms with Crippen molar-refractivity contribution >= 4 is 13.1 Å². The summed E-state index contributed by atoms with van der Waals surface area (Å²) in [5.74, 6) is 0.557. The average molecular weight is 660 g/mol. The summed E-state index contributed by atoms with van der Waals surface area (Å²) in [4.78, 5) is 10.2. The van der Waals surface area contributed by atoms with Crippen LogP contribution in [0, 0.1) is 5.82 Å². The van der Waals surface area contributed by atoms with Crippen LogP contribution in [0.5, 0.6) is 0 Å². The third-order valence-electron chi connectivity index (χ3n) is 7.65. The standard InChI is InChI=1S/C27H45BN6.C7H5FO2.Fe/c1-16(2)22-13-25(19(7)8)32(29-22)28(33-26(20(9)10)14-23(30-33)17(3)4)34-27(21(11)12)15-24(31-34)18(5)6;8-6-3-1-5(2-4-6)7(9)10;/h13-21H,1-12H3;1-4H,(H,9,10);/q-1;;. The molecule has 11 heteroatoms. The molecule has 0 bridgehead atoms. The zero-order chi connectivity index (χ0) is 33.0. The molecular weight excluding hydrogens is 610 g/mol. The normalized spacial score (nSPS) is 11.7. The molecule has 247 valence electrons. The van der Waals surface area contributed by atoms with Gasteiger partial charge < -0.3 is 18.9 Å². The van der Waals surface area contributed by atoms with Crippen LogP contribution >= 0.6 is 0 Å². The van der Waals surface area contributed by atoms with E-state index in [9.17, 15) is 9.18 Å². The predicted octanol–water partition coefficient (Wildman–Crippen LogP) is 8.47. The van der Waals surface area contributed by atoms with Gasteiger partial charge in [-0.05, 0) is 95.1 Å². The van der Waals surface area contributed by atoms with Crippen LogP contribution in [0.3, 0.4) is 0 Å². The smallest absolute Gasteiger partial charge is 0.335 e. The van der Waals surface area contributed by atoms with E-state index >= 15 is 0 Å². The molecule has 4 aromatic rings. The molecule has 0 saturated heterocycles. The minimum atomic E-state index is -1.04. The molecule has 3 aromatic heterocycles. The van der Waals surface area contributed by atoms with Gasteiger partial charge in [0, 0.05) is 17.1 Å². The first-order valence-electron chi connectivity index (χ1n) is 15.8. The molecule has 0 aliphatic heterocycles. The molecule has 1 N–H and O–H groups in total. The van der Waals surface area contributed by atoms with Gasteiger partial charge in [-0.2, -0.15) is 0 Å². The molecule has 8 nitrogen and oxygen atoms in total. The number of carboxylic acids is 1. The molecule has 3 heterocycles. The summed E-state index contributed by atoms with van der Waals surface area (Å²) < 4.78 is 18.7. The number of benzene rings is 1. The van der Waals surface area contributed by atoms with E-state index in [1.807, 2.05) is 0 Å². The van der Waals surface area contributed by atoms with Crippen molar-refractivity contribution in [1.82, 2.24) is 29.1 Å². The molecule has 0 unspecified atom stereocenters. The second-order valence-corrected chi connectivity index (χ2v) is 13.4. The number of aromatic nitrogens is 6. The molecule has 0 saturated carbocycles. The Bertz CT molecular complexity index is 1400. The maximum Gasteiger partial charge on any atom is 0.335 e. The van der Waals surface area contributed by atoms with Crippen LogP contribution in [0.2, 0.25) is 0 Å². The molecule has 0 atom stereocenters. The fraction of sp³-hybridized carbons (Fsp3) is 0.529. The van der Waals surface area contributed by atoms with Crippen LogP contribution in [0.25, 0.3) is 0 Å². The van der Waals surface area contributed by atoms with Gasteiger partial charge in [-0.1, -0.05) is 83.1 Å². The van der Waals surface area contributed by atoms with Crippen molar-refractivity contribution in [1.29, 1.82) is 0 Å². The first-order chi connectivity index (χ1) is 20.5. The van der Waals surface area contributed by atoms with Crippen molar-refractivity contribution in [2.24, 2.45) is 0 Å². The van der Waals surface area contributed by atoms with Crippen LogP contribution < -0.4 is 0 Å². The molecular formula is C34H50BFFeN6O2-. The second-order valence-electron chi connectivity index (χ2n) is 13.4. The van der Waals surface area contributed by atoms with Gasteiger partial charge in [-0.25, -0.2) is 24.5 Å². The minimum Gasteiger partial charge on any atom is -0.478 e. The molecule has 0 amide bonds. The van der Waals surface area contributed by atoms with Gasteiger partial charge in [-0.3, -0.25) is 0 Å². The zero-order valence-electron chi connectivity index (χ0n) is 28.9. The minimum absolute atomic E-state index is 0. The topological polar surface area (TPSA) is 90.8 Å². The van der Waals surface area contributed by atoms with Crippen molar-refractivity contribution in [3.05, 3.63) is 88.0 Å². The Morgan fingerprint density at radius 1 is 0.600 bits per heavy atom. The van der Waals surface area contributed by atoms with Crippen molar-refractivity contribution in [3.8, 4) is 0 Å². The molecule has 4 rings (SSSR count). The summed E-state index contributed by atoms with van der Waals surface area (Å²) in [5.41, 5.74) is 7.06. The largest absolute Gasteiger partial charge is 0.478 e. The van der Waals surface area contributed by atoms with Gasteiger partial charge in [0.15, 0.2) is 0 Å². The summed E-state index contributed by atoms with van der Waals surface area (Å²) in [6.45, 7) is 26.7. The number of carbonyl (C=O) groups is 1. The van der Waals surface area contributed by atoms with Gasteiger partial charge in [-0.15, -0.1) is 0 Å². The van der Waals surface area contributed by atoms with Gasteiger partial charge in [0.2, 0.25) is 0 Å². The Labute approximate surface area is 279 Å². The van der Waals surface area contributed by atoms with Crippen molar-refractivity contribution in [3.63, 3.8) is 0 Å². The molecule has 1 aromatic carbocycles. The molecule has 0 fully saturated rings. The summed E-state index contributed by atoms with van der Waals surface area (Å²) >= 11 is 0. The third-order valence-corrected chi connectivity index (χ3v) is 7.65. The second kappa shape index (κ2) is 15.9. The number of hydrogen-bond donors (Lipinski definition) is 1. The van der Waals surface area contributed by atoms with Crippen molar-refractivity contribution in [2.45, 2.75) is 119 Å². The van der Waals surface area contributed by atoms with Crippen LogP contribution in [0.1, 0.15) is 163 Å². The zero-order valence-corrected chi connectivity index (χ0v) is 30.0. The van der Waals surface area contributed by atoms with Crippen LogP contribution in [-0.2, 0) is 17.1 Å². The third kappa shape index (κ3) is 8.98. The number of rotatable bonds is 10. The summed E-state index contributed by atoms with van der Waals surface area (Å²) in [7, 11) is -0.292. The SMILES string of the molecule is CC(C)c1cc(C(C)C)n([B-](n2nc(C(C)C)cc2C(C)C)n2nc(C(C)C)cc2C(C)C)n1.O=C(O)c1ccc(F)cc1.[Fe]. The maximum absolute atomic E-state index is 12.2. The average Bonchev–Trinajstić information content (AvgIpc) is 3.67. The predicted molar refractivity (Wildman–Crippen MR) is 177 cm³/mol. The summed E-state index contributed by atoms with van der Waals surface area (Å²) in [5, 5.41) is 23.9. The first-order valence-corrected chi connectivity index (χ1v) is 15.8. The molecule has 0 aliphatic carbocycles. The number of halogens is 1. The number of nitrogens with zero attached hydrogens (tertiary/aromatic N) is 6. The molecule has 1 radical (unpaired) electrons. The van der Waals surface area contributed by atoms with Crippen LogP contribution in [0.4, 0.5) is 4.39 Å². The van der Waals surface area contributed by atoms with Gasteiger partial charge in [0.05, 0.1) is 22.6 Å². The Morgan fingerprint density at radius 3 is 1.11 bits per heavy atom. The fourth-order valence-corrected chi connectivity index (χ4v) is 4.88. The van der Waals surface area contributed by atoms with Gasteiger partial charge >= 0.3 is 5.97 Å². The van der Waals surface area contributed by atoms with Crippen molar-refractivity contribution in [2.75, 3.05) is 0 Å². The van der Waals surface area contributed by atoms with E-state index in [0.717, 1.165) is 29.2 Å². The van der Waals surface area contributed by atoms with E-state index in [1.165, 1.54) is 29.2 Å². The fourth-order valence-electron chi connectivity index (χ4n) is 4.88. The van der Waals surface area contributed by atoms with Gasteiger partial charge in [0.1, 0.15) is 5.82 Å². The van der Waals surface area contributed by atoms with Crippen LogP contribution in [-0.4, -0.2) is 47.3 Å².